The third-order valence-electron chi connectivity index (χ3n) is 2.05. The molecule has 1 aromatic carbocycles. The molecule has 0 N–H and O–H groups in total. The van der Waals surface area contributed by atoms with E-state index in [2.05, 4.69) is 6.58 Å². The van der Waals surface area contributed by atoms with Gasteiger partial charge in [-0.05, 0) is 6.07 Å². The second-order valence-corrected chi connectivity index (χ2v) is 3.39. The van der Waals surface area contributed by atoms with Crippen LogP contribution in [0.5, 0.6) is 0 Å². The van der Waals surface area contributed by atoms with Crippen LogP contribution in [0.25, 0.3) is 5.57 Å². The van der Waals surface area contributed by atoms with Crippen LogP contribution in [0.3, 0.4) is 0 Å². The van der Waals surface area contributed by atoms with Crippen molar-refractivity contribution in [2.45, 2.75) is 6.18 Å². The SMILES string of the molecule is C=C(c1ccccc1N(C)C)C(F)(F)F. The number of rotatable bonds is 2. The van der Waals surface area contributed by atoms with Gasteiger partial charge in [-0.2, -0.15) is 13.2 Å². The lowest BCUT2D eigenvalue weighted by Gasteiger charge is -2.19. The second-order valence-electron chi connectivity index (χ2n) is 3.39. The van der Waals surface area contributed by atoms with Gasteiger partial charge in [0.2, 0.25) is 0 Å². The monoisotopic (exact) mass is 215 g/mol. The predicted molar refractivity (Wildman–Crippen MR) is 55.9 cm³/mol. The number of allylic oxidation sites excluding steroid dienone is 1. The van der Waals surface area contributed by atoms with Crippen LogP contribution < -0.4 is 4.90 Å². The van der Waals surface area contributed by atoms with Crippen molar-refractivity contribution in [2.75, 3.05) is 19.0 Å². The van der Waals surface area contributed by atoms with E-state index < -0.39 is 11.7 Å². The molecule has 0 spiro atoms. The molecule has 82 valence electrons. The van der Waals surface area contributed by atoms with Crippen molar-refractivity contribution in [3.05, 3.63) is 36.4 Å². The molecule has 0 unspecified atom stereocenters. The van der Waals surface area contributed by atoms with Crippen LogP contribution in [0, 0.1) is 0 Å². The van der Waals surface area contributed by atoms with Gasteiger partial charge in [-0.15, -0.1) is 0 Å². The summed E-state index contributed by atoms with van der Waals surface area (Å²) in [6.07, 6.45) is -4.38. The Morgan fingerprint density at radius 2 is 1.73 bits per heavy atom. The highest BCUT2D eigenvalue weighted by Gasteiger charge is 2.34. The van der Waals surface area contributed by atoms with Crippen molar-refractivity contribution in [1.29, 1.82) is 0 Å². The fourth-order valence-electron chi connectivity index (χ4n) is 1.27. The maximum absolute atomic E-state index is 12.5. The summed E-state index contributed by atoms with van der Waals surface area (Å²) in [5.41, 5.74) is -0.179. The quantitative estimate of drug-likeness (QED) is 0.731. The topological polar surface area (TPSA) is 3.24 Å². The lowest BCUT2D eigenvalue weighted by atomic mass is 10.0. The minimum Gasteiger partial charge on any atom is -0.377 e. The Kier molecular flexibility index (Phi) is 3.07. The number of benzene rings is 1. The number of anilines is 1. The van der Waals surface area contributed by atoms with Crippen LogP contribution in [0.15, 0.2) is 30.8 Å². The first-order valence-electron chi connectivity index (χ1n) is 4.37. The Hall–Kier alpha value is -1.45. The molecule has 0 amide bonds. The van der Waals surface area contributed by atoms with Crippen molar-refractivity contribution >= 4 is 11.3 Å². The van der Waals surface area contributed by atoms with Crippen LogP contribution in [0.1, 0.15) is 5.56 Å². The molecule has 0 aliphatic heterocycles. The summed E-state index contributed by atoms with van der Waals surface area (Å²) in [5.74, 6) is 0. The molecule has 0 radical (unpaired) electrons. The molecule has 0 fully saturated rings. The van der Waals surface area contributed by atoms with Crippen LogP contribution in [0.2, 0.25) is 0 Å². The highest BCUT2D eigenvalue weighted by atomic mass is 19.4. The molecule has 15 heavy (non-hydrogen) atoms. The molecule has 1 rings (SSSR count). The van der Waals surface area contributed by atoms with Gasteiger partial charge in [-0.3, -0.25) is 0 Å². The van der Waals surface area contributed by atoms with Crippen molar-refractivity contribution in [3.8, 4) is 0 Å². The van der Waals surface area contributed by atoms with Crippen LogP contribution in [-0.2, 0) is 0 Å². The Labute approximate surface area is 86.8 Å². The molecule has 4 heteroatoms. The smallest absolute Gasteiger partial charge is 0.377 e. The first-order chi connectivity index (χ1) is 6.84. The molecular weight excluding hydrogens is 203 g/mol. The van der Waals surface area contributed by atoms with Crippen molar-refractivity contribution < 1.29 is 13.2 Å². The fourth-order valence-corrected chi connectivity index (χ4v) is 1.27. The zero-order valence-corrected chi connectivity index (χ0v) is 8.60. The van der Waals surface area contributed by atoms with E-state index in [0.717, 1.165) is 0 Å². The van der Waals surface area contributed by atoms with Gasteiger partial charge in [-0.25, -0.2) is 0 Å². The number of halogens is 3. The number of hydrogen-bond donors (Lipinski definition) is 0. The normalized spacial score (nSPS) is 11.3. The molecule has 0 aliphatic rings. The number of alkyl halides is 3. The summed E-state index contributed by atoms with van der Waals surface area (Å²) >= 11 is 0. The summed E-state index contributed by atoms with van der Waals surface area (Å²) in [6.45, 7) is 3.09. The Morgan fingerprint density at radius 3 is 2.20 bits per heavy atom. The van der Waals surface area contributed by atoms with E-state index in [4.69, 9.17) is 0 Å². The largest absolute Gasteiger partial charge is 0.416 e. The Morgan fingerprint density at radius 1 is 1.20 bits per heavy atom. The zero-order valence-electron chi connectivity index (χ0n) is 8.60. The van der Waals surface area contributed by atoms with Gasteiger partial charge >= 0.3 is 6.18 Å². The molecule has 0 saturated heterocycles. The molecular formula is C11H12F3N. The van der Waals surface area contributed by atoms with Gasteiger partial charge in [0, 0.05) is 25.3 Å². The van der Waals surface area contributed by atoms with Crippen molar-refractivity contribution in [2.24, 2.45) is 0 Å². The van der Waals surface area contributed by atoms with Crippen LogP contribution >= 0.6 is 0 Å². The van der Waals surface area contributed by atoms with E-state index in [1.54, 1.807) is 37.2 Å². The highest BCUT2D eigenvalue weighted by Crippen LogP contribution is 2.36. The van der Waals surface area contributed by atoms with E-state index in [1.807, 2.05) is 0 Å². The summed E-state index contributed by atoms with van der Waals surface area (Å²) < 4.78 is 37.4. The van der Waals surface area contributed by atoms with Gasteiger partial charge in [-0.1, -0.05) is 24.8 Å². The third-order valence-corrected chi connectivity index (χ3v) is 2.05. The van der Waals surface area contributed by atoms with E-state index in [1.165, 1.54) is 6.07 Å². The Bertz CT molecular complexity index is 366. The van der Waals surface area contributed by atoms with Gasteiger partial charge in [0.15, 0.2) is 0 Å². The maximum Gasteiger partial charge on any atom is 0.416 e. The van der Waals surface area contributed by atoms with E-state index in [9.17, 15) is 13.2 Å². The second kappa shape index (κ2) is 3.96. The zero-order chi connectivity index (χ0) is 11.6. The predicted octanol–water partition coefficient (Wildman–Crippen LogP) is 3.33. The highest BCUT2D eigenvalue weighted by molar-refractivity contribution is 5.77. The summed E-state index contributed by atoms with van der Waals surface area (Å²) in [7, 11) is 3.39. The minimum atomic E-state index is -4.38. The molecule has 1 nitrogen and oxygen atoms in total. The molecule has 0 saturated carbocycles. The van der Waals surface area contributed by atoms with E-state index in [-0.39, 0.29) is 5.56 Å². The molecule has 0 atom stereocenters. The molecule has 0 heterocycles. The average Bonchev–Trinajstić information content (AvgIpc) is 2.15. The molecule has 0 aliphatic carbocycles. The molecule has 0 bridgehead atoms. The molecule has 1 aromatic rings. The standard InChI is InChI=1S/C11H12F3N/c1-8(11(12,13)14)9-6-4-5-7-10(9)15(2)3/h4-7H,1H2,2-3H3. The van der Waals surface area contributed by atoms with Gasteiger partial charge < -0.3 is 4.90 Å². The van der Waals surface area contributed by atoms with E-state index >= 15 is 0 Å². The van der Waals surface area contributed by atoms with Crippen molar-refractivity contribution in [3.63, 3.8) is 0 Å². The average molecular weight is 215 g/mol. The lowest BCUT2D eigenvalue weighted by Crippen LogP contribution is -2.15. The number of hydrogen-bond acceptors (Lipinski definition) is 1. The van der Waals surface area contributed by atoms with Crippen molar-refractivity contribution in [1.82, 2.24) is 0 Å². The summed E-state index contributed by atoms with van der Waals surface area (Å²) in [6, 6.07) is 6.32. The minimum absolute atomic E-state index is 0.120. The number of nitrogens with zero attached hydrogens (tertiary/aromatic N) is 1. The van der Waals surface area contributed by atoms with Gasteiger partial charge in [0.25, 0.3) is 0 Å². The summed E-state index contributed by atoms with van der Waals surface area (Å²) in [4.78, 5) is 1.63. The third kappa shape index (κ3) is 2.52. The number of para-hydroxylation sites is 1. The first-order valence-corrected chi connectivity index (χ1v) is 4.37. The lowest BCUT2D eigenvalue weighted by molar-refractivity contribution is -0.0686. The van der Waals surface area contributed by atoms with E-state index in [0.29, 0.717) is 5.69 Å². The Balaban J connectivity index is 3.20. The van der Waals surface area contributed by atoms with Gasteiger partial charge in [0.05, 0.1) is 5.57 Å². The summed E-state index contributed by atoms with van der Waals surface area (Å²) in [5, 5.41) is 0. The van der Waals surface area contributed by atoms with Crippen LogP contribution in [-0.4, -0.2) is 20.3 Å². The maximum atomic E-state index is 12.5. The molecule has 0 aromatic heterocycles. The van der Waals surface area contributed by atoms with Crippen LogP contribution in [0.4, 0.5) is 18.9 Å². The fraction of sp³-hybridized carbons (Fsp3) is 0.273. The first kappa shape index (κ1) is 11.6. The van der Waals surface area contributed by atoms with Gasteiger partial charge in [0.1, 0.15) is 0 Å².